The average Bonchev–Trinajstić information content (AvgIpc) is 3.08. The maximum absolute atomic E-state index is 11.2. The molecule has 1 saturated carbocycles. The van der Waals surface area contributed by atoms with Crippen LogP contribution >= 0.6 is 0 Å². The molecule has 2 aromatic heterocycles. The minimum atomic E-state index is -0.976. The third-order valence-corrected chi connectivity index (χ3v) is 3.20. The molecule has 0 aliphatic heterocycles. The molecule has 0 atom stereocenters. The minimum Gasteiger partial charge on any atom is -0.476 e. The predicted molar refractivity (Wildman–Crippen MR) is 66.8 cm³/mol. The van der Waals surface area contributed by atoms with Crippen LogP contribution in [-0.4, -0.2) is 26.5 Å². The highest BCUT2D eigenvalue weighted by atomic mass is 16.4. The van der Waals surface area contributed by atoms with Crippen molar-refractivity contribution in [3.05, 3.63) is 35.4 Å². The van der Waals surface area contributed by atoms with Gasteiger partial charge in [-0.3, -0.25) is 0 Å². The van der Waals surface area contributed by atoms with Gasteiger partial charge in [0.1, 0.15) is 5.82 Å². The Morgan fingerprint density at radius 1 is 1.61 bits per heavy atom. The van der Waals surface area contributed by atoms with Crippen LogP contribution in [0.4, 0.5) is 0 Å². The number of carboxylic acids is 1. The number of hydrogen-bond donors (Lipinski definition) is 2. The van der Waals surface area contributed by atoms with E-state index in [4.69, 9.17) is 0 Å². The summed E-state index contributed by atoms with van der Waals surface area (Å²) >= 11 is 0. The van der Waals surface area contributed by atoms with Gasteiger partial charge < -0.3 is 14.8 Å². The van der Waals surface area contributed by atoms with E-state index in [2.05, 4.69) is 10.3 Å². The normalized spacial score (nSPS) is 15.2. The zero-order valence-electron chi connectivity index (χ0n) is 10.2. The first-order chi connectivity index (χ1) is 8.65. The summed E-state index contributed by atoms with van der Waals surface area (Å²) < 4.78 is 1.85. The van der Waals surface area contributed by atoms with Gasteiger partial charge in [0.25, 0.3) is 0 Å². The van der Waals surface area contributed by atoms with Crippen LogP contribution in [0, 0.1) is 6.92 Å². The van der Waals surface area contributed by atoms with E-state index in [0.29, 0.717) is 18.1 Å². The number of pyridine rings is 1. The molecule has 0 spiro atoms. The molecule has 2 N–H and O–H groups in total. The molecule has 0 bridgehead atoms. The molecule has 1 aliphatic rings. The Morgan fingerprint density at radius 2 is 2.39 bits per heavy atom. The Hall–Kier alpha value is -1.88. The number of rotatable bonds is 4. The monoisotopic (exact) mass is 245 g/mol. The molecule has 1 fully saturated rings. The van der Waals surface area contributed by atoms with Crippen molar-refractivity contribution in [2.24, 2.45) is 0 Å². The number of imidazole rings is 1. The first kappa shape index (κ1) is 11.2. The lowest BCUT2D eigenvalue weighted by molar-refractivity contribution is 0.0693. The van der Waals surface area contributed by atoms with Gasteiger partial charge in [-0.1, -0.05) is 0 Å². The van der Waals surface area contributed by atoms with Gasteiger partial charge in [0.2, 0.25) is 0 Å². The molecule has 3 rings (SSSR count). The van der Waals surface area contributed by atoms with Crippen LogP contribution in [0.5, 0.6) is 0 Å². The molecule has 5 heteroatoms. The van der Waals surface area contributed by atoms with Crippen molar-refractivity contribution in [2.45, 2.75) is 32.4 Å². The van der Waals surface area contributed by atoms with E-state index in [1.54, 1.807) is 0 Å². The topological polar surface area (TPSA) is 66.6 Å². The first-order valence-electron chi connectivity index (χ1n) is 6.09. The molecule has 0 aromatic carbocycles. The van der Waals surface area contributed by atoms with E-state index in [1.807, 2.05) is 29.7 Å². The van der Waals surface area contributed by atoms with E-state index in [0.717, 1.165) is 11.4 Å². The second-order valence-corrected chi connectivity index (χ2v) is 4.80. The molecule has 2 aromatic rings. The first-order valence-corrected chi connectivity index (χ1v) is 6.09. The number of fused-ring (bicyclic) bond motifs is 1. The van der Waals surface area contributed by atoms with Crippen LogP contribution in [0.1, 0.15) is 34.7 Å². The average molecular weight is 245 g/mol. The molecule has 0 radical (unpaired) electrons. The van der Waals surface area contributed by atoms with E-state index in [9.17, 15) is 9.90 Å². The van der Waals surface area contributed by atoms with Crippen molar-refractivity contribution in [1.29, 1.82) is 0 Å². The Kier molecular flexibility index (Phi) is 2.56. The van der Waals surface area contributed by atoms with E-state index < -0.39 is 5.97 Å². The molecular formula is C13H15N3O2. The van der Waals surface area contributed by atoms with Crippen LogP contribution < -0.4 is 5.32 Å². The van der Waals surface area contributed by atoms with Gasteiger partial charge in [0.05, 0.1) is 12.1 Å². The molecule has 18 heavy (non-hydrogen) atoms. The number of aromatic nitrogens is 2. The zero-order valence-corrected chi connectivity index (χ0v) is 10.2. The highest BCUT2D eigenvalue weighted by molar-refractivity contribution is 5.93. The second kappa shape index (κ2) is 4.10. The lowest BCUT2D eigenvalue weighted by atomic mass is 10.2. The number of hydrogen-bond acceptors (Lipinski definition) is 3. The molecule has 2 heterocycles. The molecule has 94 valence electrons. The van der Waals surface area contributed by atoms with Gasteiger partial charge in [-0.25, -0.2) is 9.78 Å². The van der Waals surface area contributed by atoms with Crippen molar-refractivity contribution in [3.8, 4) is 0 Å². The zero-order chi connectivity index (χ0) is 12.7. The van der Waals surface area contributed by atoms with Gasteiger partial charge in [-0.05, 0) is 37.5 Å². The van der Waals surface area contributed by atoms with Crippen molar-refractivity contribution in [2.75, 3.05) is 0 Å². The van der Waals surface area contributed by atoms with Gasteiger partial charge in [-0.15, -0.1) is 0 Å². The third-order valence-electron chi connectivity index (χ3n) is 3.20. The summed E-state index contributed by atoms with van der Waals surface area (Å²) in [7, 11) is 0. The van der Waals surface area contributed by atoms with Crippen LogP contribution in [-0.2, 0) is 6.54 Å². The summed E-state index contributed by atoms with van der Waals surface area (Å²) in [5.74, 6) is -0.218. The van der Waals surface area contributed by atoms with E-state index >= 15 is 0 Å². The number of nitrogens with one attached hydrogen (secondary N) is 1. The Labute approximate surface area is 104 Å². The van der Waals surface area contributed by atoms with Crippen LogP contribution in [0.15, 0.2) is 18.3 Å². The molecular weight excluding hydrogens is 230 g/mol. The molecule has 5 nitrogen and oxygen atoms in total. The fourth-order valence-electron chi connectivity index (χ4n) is 2.06. The lowest BCUT2D eigenvalue weighted by Crippen LogP contribution is -2.17. The van der Waals surface area contributed by atoms with Crippen molar-refractivity contribution >= 4 is 11.5 Å². The Morgan fingerprint density at radius 3 is 3.06 bits per heavy atom. The molecule has 0 amide bonds. The number of aromatic carboxylic acids is 1. The number of aryl methyl sites for hydroxylation is 1. The second-order valence-electron chi connectivity index (χ2n) is 4.80. The van der Waals surface area contributed by atoms with Crippen LogP contribution in [0.25, 0.3) is 5.52 Å². The minimum absolute atomic E-state index is 0.131. The fourth-order valence-corrected chi connectivity index (χ4v) is 2.06. The summed E-state index contributed by atoms with van der Waals surface area (Å²) in [6.07, 6.45) is 4.29. The van der Waals surface area contributed by atoms with Gasteiger partial charge >= 0.3 is 5.97 Å². The largest absolute Gasteiger partial charge is 0.476 e. The maximum Gasteiger partial charge on any atom is 0.356 e. The van der Waals surface area contributed by atoms with E-state index in [1.165, 1.54) is 12.8 Å². The standard InChI is InChI=1S/C13H15N3O2/c1-8-4-5-16-10(6-8)12(13(17)18)15-11(16)7-14-9-2-3-9/h4-6,9,14H,2-3,7H2,1H3,(H,17,18). The van der Waals surface area contributed by atoms with Gasteiger partial charge in [0.15, 0.2) is 5.69 Å². The summed E-state index contributed by atoms with van der Waals surface area (Å²) in [6, 6.07) is 4.40. The Balaban J connectivity index is 2.04. The number of carboxylic acid groups (broad SMARTS) is 1. The lowest BCUT2D eigenvalue weighted by Gasteiger charge is -2.02. The third kappa shape index (κ3) is 1.97. The van der Waals surface area contributed by atoms with Gasteiger partial charge in [0, 0.05) is 12.2 Å². The van der Waals surface area contributed by atoms with Crippen molar-refractivity contribution < 1.29 is 9.90 Å². The smallest absolute Gasteiger partial charge is 0.356 e. The number of carbonyl (C=O) groups is 1. The summed E-state index contributed by atoms with van der Waals surface area (Å²) in [5.41, 5.74) is 1.83. The van der Waals surface area contributed by atoms with Crippen molar-refractivity contribution in [1.82, 2.24) is 14.7 Å². The maximum atomic E-state index is 11.2. The predicted octanol–water partition coefficient (Wildman–Crippen LogP) is 1.59. The van der Waals surface area contributed by atoms with Crippen LogP contribution in [0.2, 0.25) is 0 Å². The highest BCUT2D eigenvalue weighted by Crippen LogP contribution is 2.20. The summed E-state index contributed by atoms with van der Waals surface area (Å²) in [6.45, 7) is 2.56. The fraction of sp³-hybridized carbons (Fsp3) is 0.385. The molecule has 0 saturated heterocycles. The molecule has 1 aliphatic carbocycles. The quantitative estimate of drug-likeness (QED) is 0.858. The van der Waals surface area contributed by atoms with Crippen molar-refractivity contribution in [3.63, 3.8) is 0 Å². The SMILES string of the molecule is Cc1ccn2c(CNC3CC3)nc(C(=O)O)c2c1. The van der Waals surface area contributed by atoms with Gasteiger partial charge in [-0.2, -0.15) is 0 Å². The van der Waals surface area contributed by atoms with E-state index in [-0.39, 0.29) is 5.69 Å². The summed E-state index contributed by atoms with van der Waals surface area (Å²) in [5, 5.41) is 12.5. The molecule has 0 unspecified atom stereocenters. The number of nitrogens with zero attached hydrogens (tertiary/aromatic N) is 2. The Bertz CT molecular complexity index is 614. The van der Waals surface area contributed by atoms with Crippen LogP contribution in [0.3, 0.4) is 0 Å². The highest BCUT2D eigenvalue weighted by Gasteiger charge is 2.22. The summed E-state index contributed by atoms with van der Waals surface area (Å²) in [4.78, 5) is 15.4.